The van der Waals surface area contributed by atoms with Gasteiger partial charge in [0, 0.05) is 12.1 Å². The highest BCUT2D eigenvalue weighted by atomic mass is 32.1. The second kappa shape index (κ2) is 6.74. The van der Waals surface area contributed by atoms with E-state index in [9.17, 15) is 0 Å². The molecular weight excluding hydrogens is 284 g/mol. The first-order valence-electron chi connectivity index (χ1n) is 7.15. The third-order valence-electron chi connectivity index (χ3n) is 3.16. The topological polar surface area (TPSA) is 47.3 Å². The van der Waals surface area contributed by atoms with Gasteiger partial charge >= 0.3 is 0 Å². The van der Waals surface area contributed by atoms with Gasteiger partial charge in [-0.05, 0) is 36.5 Å². The molecule has 2 heterocycles. The van der Waals surface area contributed by atoms with Crippen molar-refractivity contribution in [1.82, 2.24) is 10.5 Å². The van der Waals surface area contributed by atoms with Gasteiger partial charge < -0.3 is 14.6 Å². The SMILES string of the molecule is CCCNCCOc1cccc(-c2noc3ccsc23)c1. The van der Waals surface area contributed by atoms with E-state index in [1.54, 1.807) is 11.3 Å². The number of nitrogens with zero attached hydrogens (tertiary/aromatic N) is 1. The molecule has 0 spiro atoms. The molecule has 0 bridgehead atoms. The van der Waals surface area contributed by atoms with Crippen LogP contribution in [-0.2, 0) is 0 Å². The summed E-state index contributed by atoms with van der Waals surface area (Å²) in [4.78, 5) is 0. The van der Waals surface area contributed by atoms with Gasteiger partial charge in [-0.1, -0.05) is 24.2 Å². The summed E-state index contributed by atoms with van der Waals surface area (Å²) in [5.41, 5.74) is 2.75. The Morgan fingerprint density at radius 3 is 3.14 bits per heavy atom. The van der Waals surface area contributed by atoms with Crippen molar-refractivity contribution in [3.63, 3.8) is 0 Å². The summed E-state index contributed by atoms with van der Waals surface area (Å²) in [5.74, 6) is 0.860. The zero-order valence-electron chi connectivity index (χ0n) is 12.0. The number of nitrogens with one attached hydrogen (secondary N) is 1. The van der Waals surface area contributed by atoms with E-state index in [2.05, 4.69) is 17.4 Å². The van der Waals surface area contributed by atoms with E-state index < -0.39 is 0 Å². The van der Waals surface area contributed by atoms with Crippen molar-refractivity contribution in [3.05, 3.63) is 35.7 Å². The predicted octanol–water partition coefficient (Wildman–Crippen LogP) is 3.93. The minimum atomic E-state index is 0.663. The summed E-state index contributed by atoms with van der Waals surface area (Å²) in [5, 5.41) is 9.49. The summed E-state index contributed by atoms with van der Waals surface area (Å²) in [6.07, 6.45) is 1.14. The van der Waals surface area contributed by atoms with E-state index in [-0.39, 0.29) is 0 Å². The van der Waals surface area contributed by atoms with Crippen molar-refractivity contribution < 1.29 is 9.26 Å². The maximum Gasteiger partial charge on any atom is 0.178 e. The Kier molecular flexibility index (Phi) is 4.52. The van der Waals surface area contributed by atoms with Crippen molar-refractivity contribution >= 4 is 21.6 Å². The van der Waals surface area contributed by atoms with E-state index >= 15 is 0 Å². The van der Waals surface area contributed by atoms with E-state index in [0.29, 0.717) is 6.61 Å². The van der Waals surface area contributed by atoms with Crippen molar-refractivity contribution in [3.8, 4) is 17.0 Å². The van der Waals surface area contributed by atoms with Crippen LogP contribution in [0.1, 0.15) is 13.3 Å². The number of hydrogen-bond acceptors (Lipinski definition) is 5. The van der Waals surface area contributed by atoms with Gasteiger partial charge in [-0.15, -0.1) is 11.3 Å². The summed E-state index contributed by atoms with van der Waals surface area (Å²) in [6, 6.07) is 9.93. The highest BCUT2D eigenvalue weighted by Crippen LogP contribution is 2.33. The van der Waals surface area contributed by atoms with Gasteiger partial charge in [0.25, 0.3) is 0 Å². The summed E-state index contributed by atoms with van der Waals surface area (Å²) < 4.78 is 12.2. The van der Waals surface area contributed by atoms with Gasteiger partial charge in [-0.2, -0.15) is 0 Å². The first-order valence-corrected chi connectivity index (χ1v) is 8.03. The number of ether oxygens (including phenoxy) is 1. The fourth-order valence-electron chi connectivity index (χ4n) is 2.14. The van der Waals surface area contributed by atoms with E-state index in [1.807, 2.05) is 35.7 Å². The molecule has 0 unspecified atom stereocenters. The van der Waals surface area contributed by atoms with Crippen LogP contribution in [0.3, 0.4) is 0 Å². The van der Waals surface area contributed by atoms with Gasteiger partial charge in [-0.3, -0.25) is 0 Å². The lowest BCUT2D eigenvalue weighted by atomic mass is 10.1. The summed E-state index contributed by atoms with van der Waals surface area (Å²) >= 11 is 1.64. The van der Waals surface area contributed by atoms with Crippen molar-refractivity contribution in [1.29, 1.82) is 0 Å². The molecule has 0 aliphatic carbocycles. The Balaban J connectivity index is 1.70. The van der Waals surface area contributed by atoms with Gasteiger partial charge in [0.05, 0.1) is 0 Å². The van der Waals surface area contributed by atoms with Crippen LogP contribution in [-0.4, -0.2) is 24.9 Å². The number of thiophene rings is 1. The van der Waals surface area contributed by atoms with Crippen LogP contribution in [0, 0.1) is 0 Å². The number of benzene rings is 1. The molecule has 0 fully saturated rings. The molecule has 2 aromatic heterocycles. The Morgan fingerprint density at radius 1 is 1.29 bits per heavy atom. The first kappa shape index (κ1) is 14.1. The standard InChI is InChI=1S/C16H18N2O2S/c1-2-7-17-8-9-19-13-5-3-4-12(11-13)15-16-14(20-18-15)6-10-21-16/h3-6,10-11,17H,2,7-9H2,1H3. The minimum Gasteiger partial charge on any atom is -0.492 e. The molecule has 21 heavy (non-hydrogen) atoms. The fraction of sp³-hybridized carbons (Fsp3) is 0.312. The quantitative estimate of drug-likeness (QED) is 0.672. The maximum absolute atomic E-state index is 5.77. The van der Waals surface area contributed by atoms with Crippen molar-refractivity contribution in [2.75, 3.05) is 19.7 Å². The molecule has 1 N–H and O–H groups in total. The molecule has 3 aromatic rings. The van der Waals surface area contributed by atoms with E-state index in [1.165, 1.54) is 0 Å². The Morgan fingerprint density at radius 2 is 2.24 bits per heavy atom. The minimum absolute atomic E-state index is 0.663. The maximum atomic E-state index is 5.77. The zero-order chi connectivity index (χ0) is 14.5. The Hall–Kier alpha value is -1.85. The Labute approximate surface area is 127 Å². The molecular formula is C16H18N2O2S. The number of rotatable bonds is 7. The van der Waals surface area contributed by atoms with E-state index in [4.69, 9.17) is 9.26 Å². The summed E-state index contributed by atoms with van der Waals surface area (Å²) in [6.45, 7) is 4.70. The van der Waals surface area contributed by atoms with Crippen LogP contribution < -0.4 is 10.1 Å². The molecule has 0 radical (unpaired) electrons. The average molecular weight is 302 g/mol. The molecule has 0 saturated carbocycles. The number of hydrogen-bond donors (Lipinski definition) is 1. The highest BCUT2D eigenvalue weighted by molar-refractivity contribution is 7.17. The molecule has 0 aliphatic rings. The molecule has 4 nitrogen and oxygen atoms in total. The third kappa shape index (κ3) is 3.25. The lowest BCUT2D eigenvalue weighted by Gasteiger charge is -2.07. The lowest BCUT2D eigenvalue weighted by Crippen LogP contribution is -2.21. The van der Waals surface area contributed by atoms with Crippen LogP contribution in [0.25, 0.3) is 21.5 Å². The fourth-order valence-corrected chi connectivity index (χ4v) is 2.95. The van der Waals surface area contributed by atoms with Gasteiger partial charge in [-0.25, -0.2) is 0 Å². The summed E-state index contributed by atoms with van der Waals surface area (Å²) in [7, 11) is 0. The zero-order valence-corrected chi connectivity index (χ0v) is 12.8. The van der Waals surface area contributed by atoms with E-state index in [0.717, 1.165) is 46.8 Å². The molecule has 3 rings (SSSR count). The lowest BCUT2D eigenvalue weighted by molar-refractivity contribution is 0.314. The molecule has 0 amide bonds. The van der Waals surface area contributed by atoms with Gasteiger partial charge in [0.15, 0.2) is 5.58 Å². The second-order valence-electron chi connectivity index (χ2n) is 4.77. The molecule has 0 atom stereocenters. The van der Waals surface area contributed by atoms with Crippen LogP contribution in [0.15, 0.2) is 40.2 Å². The highest BCUT2D eigenvalue weighted by Gasteiger charge is 2.11. The molecule has 5 heteroatoms. The van der Waals surface area contributed by atoms with Crippen LogP contribution in [0.5, 0.6) is 5.75 Å². The van der Waals surface area contributed by atoms with Crippen molar-refractivity contribution in [2.24, 2.45) is 0 Å². The van der Waals surface area contributed by atoms with Crippen LogP contribution in [0.2, 0.25) is 0 Å². The third-order valence-corrected chi connectivity index (χ3v) is 4.06. The predicted molar refractivity (Wildman–Crippen MR) is 86.0 cm³/mol. The smallest absolute Gasteiger partial charge is 0.178 e. The van der Waals surface area contributed by atoms with Crippen molar-refractivity contribution in [2.45, 2.75) is 13.3 Å². The average Bonchev–Trinajstić information content (AvgIpc) is 3.10. The number of aromatic nitrogens is 1. The van der Waals surface area contributed by atoms with Crippen LogP contribution >= 0.6 is 11.3 Å². The Bertz CT molecular complexity index is 705. The largest absolute Gasteiger partial charge is 0.492 e. The monoisotopic (exact) mass is 302 g/mol. The second-order valence-corrected chi connectivity index (χ2v) is 5.69. The van der Waals surface area contributed by atoms with Crippen LogP contribution in [0.4, 0.5) is 0 Å². The molecule has 0 saturated heterocycles. The first-order chi connectivity index (χ1) is 10.4. The molecule has 0 aliphatic heterocycles. The molecule has 1 aromatic carbocycles. The number of fused-ring (bicyclic) bond motifs is 1. The van der Waals surface area contributed by atoms with Gasteiger partial charge in [0.2, 0.25) is 0 Å². The normalized spacial score (nSPS) is 11.1. The molecule has 110 valence electrons. The van der Waals surface area contributed by atoms with Gasteiger partial charge in [0.1, 0.15) is 22.8 Å².